The lowest BCUT2D eigenvalue weighted by molar-refractivity contribution is -0.176. The number of rotatable bonds is 27. The molecule has 63 heavy (non-hydrogen) atoms. The first-order chi connectivity index (χ1) is 29.2. The van der Waals surface area contributed by atoms with Gasteiger partial charge in [0.1, 0.15) is 17.5 Å². The van der Waals surface area contributed by atoms with Crippen LogP contribution in [0, 0.1) is 10.8 Å². The number of anilines is 1. The maximum atomic E-state index is 16.4. The Morgan fingerprint density at radius 2 is 1.27 bits per heavy atom. The monoisotopic (exact) mass is 923 g/mol. The maximum absolute atomic E-state index is 16.4. The molecule has 0 radical (unpaired) electrons. The van der Waals surface area contributed by atoms with E-state index in [-0.39, 0.29) is 25.1 Å². The van der Waals surface area contributed by atoms with Crippen LogP contribution in [-0.4, -0.2) is 77.5 Å². The molecule has 1 saturated heterocycles. The summed E-state index contributed by atoms with van der Waals surface area (Å²) in [7, 11) is -4.92. The lowest BCUT2D eigenvalue weighted by atomic mass is 9.92. The molecule has 0 spiro atoms. The van der Waals surface area contributed by atoms with Gasteiger partial charge in [-0.3, -0.25) is 28.8 Å². The number of alkyl halides is 2. The van der Waals surface area contributed by atoms with Crippen molar-refractivity contribution in [3.8, 4) is 0 Å². The summed E-state index contributed by atoms with van der Waals surface area (Å²) in [6.07, 6.45) is 5.33. The Labute approximate surface area is 370 Å². The van der Waals surface area contributed by atoms with Crippen LogP contribution in [-0.2, 0) is 56.2 Å². The van der Waals surface area contributed by atoms with Gasteiger partial charge in [0.25, 0.3) is 0 Å². The SMILES string of the molecule is CCCCCCCCCCCCCCC(=O)O[C@@H]1[C@@H](COP(=O)(OCOC(=O)CC(C)(C)C)OCOC(=O)CC(C)(C)C)O[C@@H](n2ccc(NC(=O)OC(C)(C)C)nc2=O)C1(F)F. The molecule has 1 fully saturated rings. The molecule has 1 aromatic heterocycles. The molecule has 0 aliphatic carbocycles. The van der Waals surface area contributed by atoms with E-state index in [1.54, 1.807) is 62.3 Å². The predicted octanol–water partition coefficient (Wildman–Crippen LogP) is 10.2. The lowest BCUT2D eigenvalue weighted by Gasteiger charge is -2.25. The summed E-state index contributed by atoms with van der Waals surface area (Å²) in [5.74, 6) is -6.85. The van der Waals surface area contributed by atoms with Crippen LogP contribution >= 0.6 is 7.82 Å². The van der Waals surface area contributed by atoms with Crippen molar-refractivity contribution in [3.63, 3.8) is 0 Å². The van der Waals surface area contributed by atoms with Crippen molar-refractivity contribution < 1.29 is 69.8 Å². The topological polar surface area (TPSA) is 206 Å². The van der Waals surface area contributed by atoms with E-state index >= 15 is 8.78 Å². The van der Waals surface area contributed by atoms with Crippen molar-refractivity contribution >= 4 is 37.6 Å². The molecule has 0 aromatic carbocycles. The Bertz CT molecular complexity index is 1670. The van der Waals surface area contributed by atoms with Crippen molar-refractivity contribution in [2.24, 2.45) is 10.8 Å². The van der Waals surface area contributed by atoms with Crippen LogP contribution in [0.1, 0.15) is 172 Å². The van der Waals surface area contributed by atoms with Gasteiger partial charge in [0.15, 0.2) is 6.10 Å². The normalized spacial score (nSPS) is 17.9. The number of hydrogen-bond acceptors (Lipinski definition) is 15. The van der Waals surface area contributed by atoms with E-state index in [0.717, 1.165) is 37.9 Å². The van der Waals surface area contributed by atoms with Crippen molar-refractivity contribution in [3.05, 3.63) is 22.7 Å². The van der Waals surface area contributed by atoms with Crippen molar-refractivity contribution in [1.29, 1.82) is 0 Å². The minimum atomic E-state index is -4.92. The van der Waals surface area contributed by atoms with E-state index in [1.165, 1.54) is 38.5 Å². The second kappa shape index (κ2) is 25.8. The second-order valence-corrected chi connectivity index (χ2v) is 20.8. The highest BCUT2D eigenvalue weighted by molar-refractivity contribution is 7.48. The largest absolute Gasteiger partial charge is 0.480 e. The molecular weight excluding hydrogens is 851 g/mol. The van der Waals surface area contributed by atoms with Gasteiger partial charge in [-0.25, -0.2) is 23.2 Å². The fourth-order valence-corrected chi connectivity index (χ4v) is 7.10. The third-order valence-electron chi connectivity index (χ3n) is 9.16. The van der Waals surface area contributed by atoms with Crippen LogP contribution in [0.3, 0.4) is 0 Å². The Hall–Kier alpha value is -3.51. The van der Waals surface area contributed by atoms with Gasteiger partial charge in [-0.05, 0) is 44.1 Å². The summed E-state index contributed by atoms with van der Waals surface area (Å²) in [4.78, 5) is 66.8. The summed E-state index contributed by atoms with van der Waals surface area (Å²) >= 11 is 0. The highest BCUT2D eigenvalue weighted by Crippen LogP contribution is 2.52. The zero-order chi connectivity index (χ0) is 47.5. The van der Waals surface area contributed by atoms with Gasteiger partial charge >= 0.3 is 43.4 Å². The zero-order valence-electron chi connectivity index (χ0n) is 38.9. The fraction of sp³-hybridized carbons (Fsp3) is 0.814. The quantitative estimate of drug-likeness (QED) is 0.0286. The molecule has 1 aliphatic heterocycles. The van der Waals surface area contributed by atoms with Gasteiger partial charge < -0.3 is 23.7 Å². The number of unbranched alkanes of at least 4 members (excludes halogenated alkanes) is 11. The molecule has 362 valence electrons. The number of aromatic nitrogens is 2. The van der Waals surface area contributed by atoms with Gasteiger partial charge in [-0.2, -0.15) is 13.8 Å². The number of nitrogens with one attached hydrogen (secondary N) is 1. The first-order valence-corrected chi connectivity index (χ1v) is 23.4. The van der Waals surface area contributed by atoms with E-state index in [0.29, 0.717) is 17.4 Å². The fourth-order valence-electron chi connectivity index (χ4n) is 6.19. The second-order valence-electron chi connectivity index (χ2n) is 19.1. The van der Waals surface area contributed by atoms with E-state index in [1.807, 2.05) is 0 Å². The van der Waals surface area contributed by atoms with E-state index in [4.69, 9.17) is 37.3 Å². The average molecular weight is 924 g/mol. The smallest absolute Gasteiger partial charge is 0.453 e. The Morgan fingerprint density at radius 3 is 1.73 bits per heavy atom. The molecule has 3 atom stereocenters. The maximum Gasteiger partial charge on any atom is 0.480 e. The van der Waals surface area contributed by atoms with Crippen LogP contribution in [0.2, 0.25) is 0 Å². The predicted molar refractivity (Wildman–Crippen MR) is 229 cm³/mol. The number of ether oxygens (including phenoxy) is 5. The number of hydrogen-bond donors (Lipinski definition) is 1. The average Bonchev–Trinajstić information content (AvgIpc) is 3.37. The molecule has 0 bridgehead atoms. The standard InChI is InChI=1S/C43H72F2N3O14P/c1-11-12-13-14-15-16-17-18-19-20-21-22-23-33(49)61-36-31(60-37(43(36,44)45)48-25-24-32(46-38(48)52)47-39(53)62-42(8,9)10)28-57-63(54,58-29-55-34(50)26-40(2,3)4)59-30-56-35(51)27-41(5,6)7/h24-25,31,36-37H,11-23,26-30H2,1-10H3,(H,46,47,52,53)/t31-,36-,37-/m1/s1. The third-order valence-corrected chi connectivity index (χ3v) is 10.5. The van der Waals surface area contributed by atoms with Crippen LogP contribution in [0.25, 0.3) is 0 Å². The zero-order valence-corrected chi connectivity index (χ0v) is 39.8. The Kier molecular flexibility index (Phi) is 22.8. The molecule has 2 rings (SSSR count). The third kappa shape index (κ3) is 22.8. The van der Waals surface area contributed by atoms with Crippen LogP contribution in [0.4, 0.5) is 19.4 Å². The minimum absolute atomic E-state index is 0.0439. The van der Waals surface area contributed by atoms with Gasteiger partial charge in [0, 0.05) is 12.6 Å². The van der Waals surface area contributed by atoms with Gasteiger partial charge in [0.2, 0.25) is 19.8 Å². The molecular formula is C43H72F2N3O14P. The number of nitrogens with zero attached hydrogens (tertiary/aromatic N) is 2. The number of carbonyl (C=O) groups excluding carboxylic acids is 4. The lowest BCUT2D eigenvalue weighted by Crippen LogP contribution is -2.44. The molecule has 20 heteroatoms. The van der Waals surface area contributed by atoms with Crippen molar-refractivity contribution in [2.45, 2.75) is 196 Å². The summed E-state index contributed by atoms with van der Waals surface area (Å²) in [6, 6.07) is 1.06. The Balaban J connectivity index is 2.26. The summed E-state index contributed by atoms with van der Waals surface area (Å²) in [5, 5.41) is 2.25. The molecule has 1 aliphatic rings. The van der Waals surface area contributed by atoms with Gasteiger partial charge in [-0.1, -0.05) is 119 Å². The van der Waals surface area contributed by atoms with Crippen LogP contribution in [0.5, 0.6) is 0 Å². The molecule has 2 heterocycles. The molecule has 0 unspecified atom stereocenters. The number of halogens is 2. The highest BCUT2D eigenvalue weighted by Gasteiger charge is 2.63. The number of esters is 3. The number of phosphoric ester groups is 1. The van der Waals surface area contributed by atoms with Crippen molar-refractivity contribution in [2.75, 3.05) is 25.5 Å². The first kappa shape index (κ1) is 55.6. The molecule has 0 saturated carbocycles. The van der Waals surface area contributed by atoms with Crippen LogP contribution < -0.4 is 11.0 Å². The first-order valence-electron chi connectivity index (χ1n) is 21.9. The summed E-state index contributed by atoms with van der Waals surface area (Å²) in [5.41, 5.74) is -3.10. The van der Waals surface area contributed by atoms with E-state index in [9.17, 15) is 28.5 Å². The summed E-state index contributed by atoms with van der Waals surface area (Å²) in [6.45, 7) is 14.7. The molecule has 17 nitrogen and oxygen atoms in total. The van der Waals surface area contributed by atoms with E-state index in [2.05, 4.69) is 17.2 Å². The number of phosphoric acid groups is 1. The Morgan fingerprint density at radius 1 is 0.778 bits per heavy atom. The molecule has 1 N–H and O–H groups in total. The number of carbonyl (C=O) groups is 4. The molecule has 1 aromatic rings. The van der Waals surface area contributed by atoms with Crippen LogP contribution in [0.15, 0.2) is 17.1 Å². The summed E-state index contributed by atoms with van der Waals surface area (Å²) < 4.78 is 89.0. The highest BCUT2D eigenvalue weighted by atomic mass is 31.2. The van der Waals surface area contributed by atoms with Gasteiger partial charge in [0.05, 0.1) is 19.4 Å². The minimum Gasteiger partial charge on any atom is -0.453 e. The van der Waals surface area contributed by atoms with Gasteiger partial charge in [-0.15, -0.1) is 0 Å². The van der Waals surface area contributed by atoms with Crippen molar-refractivity contribution in [1.82, 2.24) is 9.55 Å². The molecule has 1 amide bonds. The number of amides is 1. The van der Waals surface area contributed by atoms with E-state index < -0.39 is 98.5 Å².